The number of carbonyl (C=O) groups is 2. The average Bonchev–Trinajstić information content (AvgIpc) is 3.05. The molecule has 2 aromatic heterocycles. The summed E-state index contributed by atoms with van der Waals surface area (Å²) in [6, 6.07) is 1.08. The summed E-state index contributed by atoms with van der Waals surface area (Å²) < 4.78 is 35.0. The van der Waals surface area contributed by atoms with Crippen LogP contribution in [0.5, 0.6) is 0 Å². The number of nitrogens with zero attached hydrogens (tertiary/aromatic N) is 2. The van der Waals surface area contributed by atoms with Crippen molar-refractivity contribution < 1.29 is 27.4 Å². The van der Waals surface area contributed by atoms with E-state index < -0.39 is 21.8 Å². The molecule has 0 atom stereocenters. The molecule has 0 saturated heterocycles. The molecule has 2 aromatic rings. The van der Waals surface area contributed by atoms with Crippen molar-refractivity contribution in [3.8, 4) is 0 Å². The maximum Gasteiger partial charge on any atom is 0.354 e. The summed E-state index contributed by atoms with van der Waals surface area (Å²) in [5, 5.41) is 6.60. The van der Waals surface area contributed by atoms with Crippen molar-refractivity contribution in [2.75, 3.05) is 11.8 Å². The number of Topliss-reactive ketones (excluding diaryl/α,β-unsaturated/α-hetero) is 1. The van der Waals surface area contributed by atoms with E-state index >= 15 is 0 Å². The first kappa shape index (κ1) is 14.7. The summed E-state index contributed by atoms with van der Waals surface area (Å²) in [6.45, 7) is 1.18. The number of aromatic amines is 1. The van der Waals surface area contributed by atoms with Gasteiger partial charge >= 0.3 is 5.97 Å². The van der Waals surface area contributed by atoms with Gasteiger partial charge in [-0.05, 0) is 16.4 Å². The third-order valence-corrected chi connectivity index (χ3v) is 3.74. The van der Waals surface area contributed by atoms with Crippen LogP contribution in [0.4, 0.5) is 5.82 Å². The Morgan fingerprint density at radius 1 is 1.38 bits per heavy atom. The molecule has 0 saturated carbocycles. The molecule has 10 nitrogen and oxygen atoms in total. The smallest absolute Gasteiger partial charge is 0.354 e. The summed E-state index contributed by atoms with van der Waals surface area (Å²) in [5.41, 5.74) is -0.287. The molecule has 0 amide bonds. The van der Waals surface area contributed by atoms with E-state index in [0.29, 0.717) is 0 Å². The number of ether oxygens (including phenoxy) is 1. The van der Waals surface area contributed by atoms with Crippen molar-refractivity contribution in [2.24, 2.45) is 0 Å². The lowest BCUT2D eigenvalue weighted by molar-refractivity contribution is 0.0594. The van der Waals surface area contributed by atoms with Crippen molar-refractivity contribution in [3.05, 3.63) is 23.7 Å². The van der Waals surface area contributed by atoms with Gasteiger partial charge in [0.1, 0.15) is 10.6 Å². The van der Waals surface area contributed by atoms with E-state index in [0.717, 1.165) is 19.4 Å². The van der Waals surface area contributed by atoms with Crippen LogP contribution < -0.4 is 4.72 Å². The molecular formula is C10H10N4O6S. The molecule has 0 fully saturated rings. The maximum absolute atomic E-state index is 12.1. The molecule has 0 unspecified atom stereocenters. The largest absolute Gasteiger partial charge is 0.464 e. The Bertz CT molecular complexity index is 790. The van der Waals surface area contributed by atoms with Crippen LogP contribution in [-0.4, -0.2) is 42.6 Å². The van der Waals surface area contributed by atoms with E-state index in [1.165, 1.54) is 6.92 Å². The number of esters is 1. The van der Waals surface area contributed by atoms with Crippen LogP contribution in [0.3, 0.4) is 0 Å². The van der Waals surface area contributed by atoms with Crippen molar-refractivity contribution in [2.45, 2.75) is 11.8 Å². The molecule has 0 spiro atoms. The van der Waals surface area contributed by atoms with Gasteiger partial charge in [-0.25, -0.2) is 17.8 Å². The summed E-state index contributed by atoms with van der Waals surface area (Å²) in [5.74, 6) is -1.56. The molecule has 2 rings (SSSR count). The number of anilines is 1. The van der Waals surface area contributed by atoms with Gasteiger partial charge in [0.2, 0.25) is 5.82 Å². The molecule has 21 heavy (non-hydrogen) atoms. The predicted octanol–water partition coefficient (Wildman–Crippen LogP) is 0.188. The minimum atomic E-state index is -4.06. The zero-order valence-corrected chi connectivity index (χ0v) is 11.7. The third kappa shape index (κ3) is 2.91. The van der Waals surface area contributed by atoms with E-state index in [1.807, 2.05) is 4.72 Å². The highest BCUT2D eigenvalue weighted by Gasteiger charge is 2.23. The number of rotatable bonds is 5. The van der Waals surface area contributed by atoms with Crippen molar-refractivity contribution in [1.29, 1.82) is 0 Å². The van der Waals surface area contributed by atoms with E-state index in [-0.39, 0.29) is 22.1 Å². The number of H-pyrrole nitrogens is 1. The lowest BCUT2D eigenvalue weighted by atomic mass is 10.3. The molecule has 2 heterocycles. The van der Waals surface area contributed by atoms with Crippen molar-refractivity contribution in [1.82, 2.24) is 15.3 Å². The van der Waals surface area contributed by atoms with E-state index in [9.17, 15) is 18.0 Å². The molecule has 0 aliphatic rings. The van der Waals surface area contributed by atoms with E-state index in [1.54, 1.807) is 0 Å². The number of hydrogen-bond donors (Lipinski definition) is 2. The zero-order chi connectivity index (χ0) is 15.6. The molecule has 0 aliphatic carbocycles. The molecule has 0 aliphatic heterocycles. The fourth-order valence-corrected chi connectivity index (χ4v) is 2.42. The minimum Gasteiger partial charge on any atom is -0.464 e. The molecule has 0 aromatic carbocycles. The Labute approximate surface area is 118 Å². The minimum absolute atomic E-state index is 0.0389. The first-order valence-corrected chi connectivity index (χ1v) is 6.96. The lowest BCUT2D eigenvalue weighted by Gasteiger charge is -2.02. The number of hydrogen-bond acceptors (Lipinski definition) is 8. The van der Waals surface area contributed by atoms with Gasteiger partial charge < -0.3 is 9.72 Å². The number of nitrogens with one attached hydrogen (secondary N) is 2. The SMILES string of the molecule is COC(=O)c1cc(S(=O)(=O)Nc2nonc2C(C)=O)c[nH]1. The summed E-state index contributed by atoms with van der Waals surface area (Å²) in [4.78, 5) is 24.7. The third-order valence-electron chi connectivity index (χ3n) is 2.43. The molecule has 0 bridgehead atoms. The monoisotopic (exact) mass is 314 g/mol. The van der Waals surface area contributed by atoms with Crippen LogP contribution in [-0.2, 0) is 14.8 Å². The van der Waals surface area contributed by atoms with Gasteiger partial charge in [0.05, 0.1) is 7.11 Å². The summed E-state index contributed by atoms with van der Waals surface area (Å²) in [7, 11) is -2.90. The highest BCUT2D eigenvalue weighted by Crippen LogP contribution is 2.18. The predicted molar refractivity (Wildman–Crippen MR) is 67.2 cm³/mol. The van der Waals surface area contributed by atoms with Gasteiger partial charge in [-0.1, -0.05) is 0 Å². The normalized spacial score (nSPS) is 11.1. The van der Waals surface area contributed by atoms with Gasteiger partial charge in [0.25, 0.3) is 10.0 Å². The second kappa shape index (κ2) is 5.36. The van der Waals surface area contributed by atoms with Gasteiger partial charge in [-0.2, -0.15) is 0 Å². The maximum atomic E-state index is 12.1. The van der Waals surface area contributed by atoms with Crippen LogP contribution in [0.15, 0.2) is 21.8 Å². The van der Waals surface area contributed by atoms with Gasteiger partial charge in [-0.15, -0.1) is 0 Å². The van der Waals surface area contributed by atoms with Gasteiger partial charge in [0, 0.05) is 13.1 Å². The Kier molecular flexibility index (Phi) is 3.76. The second-order valence-corrected chi connectivity index (χ2v) is 5.55. The Morgan fingerprint density at radius 2 is 2.10 bits per heavy atom. The summed E-state index contributed by atoms with van der Waals surface area (Å²) in [6.07, 6.45) is 1.09. The number of methoxy groups -OCH3 is 1. The first-order chi connectivity index (χ1) is 9.85. The average molecular weight is 314 g/mol. The fourth-order valence-electron chi connectivity index (χ4n) is 1.43. The van der Waals surface area contributed by atoms with Crippen LogP contribution >= 0.6 is 0 Å². The number of ketones is 1. The van der Waals surface area contributed by atoms with Crippen LogP contribution in [0, 0.1) is 0 Å². The van der Waals surface area contributed by atoms with E-state index in [4.69, 9.17) is 0 Å². The van der Waals surface area contributed by atoms with Crippen LogP contribution in [0.25, 0.3) is 0 Å². The second-order valence-electron chi connectivity index (χ2n) is 3.86. The van der Waals surface area contributed by atoms with E-state index in [2.05, 4.69) is 24.7 Å². The molecule has 112 valence electrons. The first-order valence-electron chi connectivity index (χ1n) is 5.48. The highest BCUT2D eigenvalue weighted by molar-refractivity contribution is 7.92. The van der Waals surface area contributed by atoms with Crippen molar-refractivity contribution in [3.63, 3.8) is 0 Å². The van der Waals surface area contributed by atoms with Crippen LogP contribution in [0.1, 0.15) is 27.9 Å². The quantitative estimate of drug-likeness (QED) is 0.587. The molecular weight excluding hydrogens is 304 g/mol. The fraction of sp³-hybridized carbons (Fsp3) is 0.200. The highest BCUT2D eigenvalue weighted by atomic mass is 32.2. The Morgan fingerprint density at radius 3 is 2.71 bits per heavy atom. The zero-order valence-electron chi connectivity index (χ0n) is 10.9. The topological polar surface area (TPSA) is 144 Å². The van der Waals surface area contributed by atoms with Gasteiger partial charge in [-0.3, -0.25) is 9.52 Å². The standard InChI is InChI=1S/C10H10N4O6S/c1-5(15)8-9(13-20-12-8)14-21(17,18)6-3-7(11-4-6)10(16)19-2/h3-4,11H,1-2H3,(H,13,14). The lowest BCUT2D eigenvalue weighted by Crippen LogP contribution is -2.14. The molecule has 0 radical (unpaired) electrons. The van der Waals surface area contributed by atoms with Crippen LogP contribution in [0.2, 0.25) is 0 Å². The molecule has 11 heteroatoms. The number of sulfonamides is 1. The Balaban J connectivity index is 2.30. The number of carbonyl (C=O) groups excluding carboxylic acids is 2. The van der Waals surface area contributed by atoms with Gasteiger partial charge in [0.15, 0.2) is 11.5 Å². The van der Waals surface area contributed by atoms with Crippen molar-refractivity contribution >= 4 is 27.6 Å². The number of aromatic nitrogens is 3. The summed E-state index contributed by atoms with van der Waals surface area (Å²) >= 11 is 0. The molecule has 2 N–H and O–H groups in total. The Hall–Kier alpha value is -2.69.